The van der Waals surface area contributed by atoms with E-state index in [1.54, 1.807) is 30.3 Å². The molecular formula is C14H15FO3. The Labute approximate surface area is 105 Å². The average molecular weight is 250 g/mol. The van der Waals surface area contributed by atoms with Crippen LogP contribution in [0.15, 0.2) is 30.3 Å². The molecule has 1 saturated heterocycles. The van der Waals surface area contributed by atoms with Crippen molar-refractivity contribution in [2.75, 3.05) is 13.2 Å². The van der Waals surface area contributed by atoms with Gasteiger partial charge in [-0.15, -0.1) is 0 Å². The first-order valence-corrected chi connectivity index (χ1v) is 6.20. The number of ether oxygens (including phenoxy) is 2. The van der Waals surface area contributed by atoms with Gasteiger partial charge in [-0.1, -0.05) is 30.3 Å². The number of hydrogen-bond donors (Lipinski definition) is 0. The molecule has 1 spiro atoms. The predicted octanol–water partition coefficient (Wildman–Crippen LogP) is 2.35. The van der Waals surface area contributed by atoms with Crippen LogP contribution in [-0.4, -0.2) is 24.8 Å². The number of ketones is 1. The van der Waals surface area contributed by atoms with Crippen molar-refractivity contribution in [1.29, 1.82) is 0 Å². The number of alkyl halides is 1. The zero-order valence-corrected chi connectivity index (χ0v) is 10.0. The summed E-state index contributed by atoms with van der Waals surface area (Å²) in [6, 6.07) is 8.57. The number of benzene rings is 1. The molecule has 18 heavy (non-hydrogen) atoms. The first kappa shape index (κ1) is 11.8. The van der Waals surface area contributed by atoms with Crippen molar-refractivity contribution in [3.63, 3.8) is 0 Å². The van der Waals surface area contributed by atoms with Crippen LogP contribution in [0.25, 0.3) is 0 Å². The van der Waals surface area contributed by atoms with Crippen LogP contribution in [0.1, 0.15) is 24.8 Å². The Balaban J connectivity index is 1.96. The van der Waals surface area contributed by atoms with Crippen molar-refractivity contribution < 1.29 is 18.7 Å². The molecule has 96 valence electrons. The summed E-state index contributed by atoms with van der Waals surface area (Å²) in [5.74, 6) is -1.28. The lowest BCUT2D eigenvalue weighted by Crippen LogP contribution is -2.48. The minimum atomic E-state index is -1.98. The van der Waals surface area contributed by atoms with Gasteiger partial charge in [-0.2, -0.15) is 0 Å². The molecule has 1 aromatic rings. The number of rotatable bonds is 1. The summed E-state index contributed by atoms with van der Waals surface area (Å²) in [7, 11) is 0. The second-order valence-electron chi connectivity index (χ2n) is 4.87. The molecule has 1 saturated carbocycles. The van der Waals surface area contributed by atoms with Gasteiger partial charge >= 0.3 is 0 Å². The highest BCUT2D eigenvalue weighted by Crippen LogP contribution is 2.46. The fourth-order valence-electron chi connectivity index (χ4n) is 2.77. The van der Waals surface area contributed by atoms with E-state index in [4.69, 9.17) is 9.47 Å². The van der Waals surface area contributed by atoms with Crippen LogP contribution in [0.4, 0.5) is 4.39 Å². The van der Waals surface area contributed by atoms with Crippen LogP contribution in [0, 0.1) is 0 Å². The van der Waals surface area contributed by atoms with Gasteiger partial charge in [0.05, 0.1) is 13.2 Å². The maximum absolute atomic E-state index is 15.1. The summed E-state index contributed by atoms with van der Waals surface area (Å²) >= 11 is 0. The number of carbonyl (C=O) groups is 1. The van der Waals surface area contributed by atoms with Crippen molar-refractivity contribution in [1.82, 2.24) is 0 Å². The Morgan fingerprint density at radius 2 is 1.78 bits per heavy atom. The quantitative estimate of drug-likeness (QED) is 0.767. The highest BCUT2D eigenvalue weighted by atomic mass is 19.1. The minimum absolute atomic E-state index is 0.0388. The summed E-state index contributed by atoms with van der Waals surface area (Å²) in [6.07, 6.45) is 0.568. The third-order valence-electron chi connectivity index (χ3n) is 3.73. The lowest BCUT2D eigenvalue weighted by Gasteiger charge is -2.39. The Hall–Kier alpha value is -1.26. The average Bonchev–Trinajstić information content (AvgIpc) is 2.84. The molecule has 2 aliphatic rings. The molecule has 1 aromatic carbocycles. The summed E-state index contributed by atoms with van der Waals surface area (Å²) in [5.41, 5.74) is -1.59. The Kier molecular flexibility index (Phi) is 2.72. The second-order valence-corrected chi connectivity index (χ2v) is 4.87. The van der Waals surface area contributed by atoms with E-state index >= 15 is 4.39 Å². The molecule has 2 fully saturated rings. The molecule has 1 aliphatic heterocycles. The molecule has 0 N–H and O–H groups in total. The molecule has 3 rings (SSSR count). The van der Waals surface area contributed by atoms with Crippen LogP contribution in [-0.2, 0) is 19.9 Å². The maximum atomic E-state index is 15.1. The topological polar surface area (TPSA) is 35.5 Å². The molecule has 1 atom stereocenters. The van der Waals surface area contributed by atoms with Crippen LogP contribution in [0.3, 0.4) is 0 Å². The number of carbonyl (C=O) groups excluding carboxylic acids is 1. The molecule has 1 aliphatic carbocycles. The van der Waals surface area contributed by atoms with Gasteiger partial charge in [-0.25, -0.2) is 4.39 Å². The predicted molar refractivity (Wildman–Crippen MR) is 62.7 cm³/mol. The standard InChI is InChI=1S/C14H15FO3/c15-14(11-4-2-1-3-5-11)10-13(7-6-12(14)16)17-8-9-18-13/h1-5H,6-10H2/t14-/m1/s1. The van der Waals surface area contributed by atoms with Crippen LogP contribution in [0.5, 0.6) is 0 Å². The van der Waals surface area contributed by atoms with Gasteiger partial charge in [0.2, 0.25) is 0 Å². The molecule has 0 radical (unpaired) electrons. The van der Waals surface area contributed by atoms with Gasteiger partial charge < -0.3 is 9.47 Å². The summed E-state index contributed by atoms with van der Waals surface area (Å²) in [6.45, 7) is 0.943. The second kappa shape index (κ2) is 4.14. The highest BCUT2D eigenvalue weighted by Gasteiger charge is 2.54. The zero-order chi connectivity index (χ0) is 12.6. The zero-order valence-electron chi connectivity index (χ0n) is 10.0. The molecule has 0 aromatic heterocycles. The first-order chi connectivity index (χ1) is 8.65. The van der Waals surface area contributed by atoms with Gasteiger partial charge in [0, 0.05) is 19.3 Å². The van der Waals surface area contributed by atoms with E-state index < -0.39 is 11.5 Å². The van der Waals surface area contributed by atoms with Crippen LogP contribution >= 0.6 is 0 Å². The van der Waals surface area contributed by atoms with E-state index in [-0.39, 0.29) is 18.6 Å². The largest absolute Gasteiger partial charge is 0.347 e. The van der Waals surface area contributed by atoms with E-state index in [9.17, 15) is 4.79 Å². The van der Waals surface area contributed by atoms with Gasteiger partial charge in [-0.3, -0.25) is 4.79 Å². The lowest BCUT2D eigenvalue weighted by atomic mass is 9.77. The fraction of sp³-hybridized carbons (Fsp3) is 0.500. The fourth-order valence-corrected chi connectivity index (χ4v) is 2.77. The van der Waals surface area contributed by atoms with E-state index in [1.165, 1.54) is 0 Å². The Morgan fingerprint density at radius 1 is 1.11 bits per heavy atom. The third kappa shape index (κ3) is 1.76. The number of hydrogen-bond acceptors (Lipinski definition) is 3. The lowest BCUT2D eigenvalue weighted by molar-refractivity contribution is -0.205. The summed E-state index contributed by atoms with van der Waals surface area (Å²) in [4.78, 5) is 12.0. The number of Topliss-reactive ketones (excluding diaryl/α,β-unsaturated/α-hetero) is 1. The molecule has 4 heteroatoms. The SMILES string of the molecule is O=C1CCC2(C[C@@]1(F)c1ccccc1)OCCO2. The summed E-state index contributed by atoms with van der Waals surface area (Å²) in [5, 5.41) is 0. The van der Waals surface area contributed by atoms with Crippen LogP contribution in [0.2, 0.25) is 0 Å². The normalized spacial score (nSPS) is 30.8. The van der Waals surface area contributed by atoms with Gasteiger partial charge in [-0.05, 0) is 5.56 Å². The molecule has 1 heterocycles. The van der Waals surface area contributed by atoms with E-state index in [1.807, 2.05) is 0 Å². The van der Waals surface area contributed by atoms with Gasteiger partial charge in [0.1, 0.15) is 0 Å². The summed E-state index contributed by atoms with van der Waals surface area (Å²) < 4.78 is 26.1. The maximum Gasteiger partial charge on any atom is 0.198 e. The Bertz CT molecular complexity index is 453. The first-order valence-electron chi connectivity index (χ1n) is 6.20. The van der Waals surface area contributed by atoms with Crippen molar-refractivity contribution in [3.05, 3.63) is 35.9 Å². The molecule has 0 bridgehead atoms. The monoisotopic (exact) mass is 250 g/mol. The molecule has 0 amide bonds. The highest BCUT2D eigenvalue weighted by molar-refractivity contribution is 5.89. The van der Waals surface area contributed by atoms with Crippen molar-refractivity contribution in [2.24, 2.45) is 0 Å². The van der Waals surface area contributed by atoms with E-state index in [0.717, 1.165) is 0 Å². The van der Waals surface area contributed by atoms with E-state index in [0.29, 0.717) is 25.2 Å². The smallest absolute Gasteiger partial charge is 0.198 e. The number of halogens is 1. The van der Waals surface area contributed by atoms with Crippen LogP contribution < -0.4 is 0 Å². The van der Waals surface area contributed by atoms with Crippen molar-refractivity contribution >= 4 is 5.78 Å². The molecular weight excluding hydrogens is 235 g/mol. The van der Waals surface area contributed by atoms with Crippen molar-refractivity contribution in [2.45, 2.75) is 30.7 Å². The van der Waals surface area contributed by atoms with E-state index in [2.05, 4.69) is 0 Å². The third-order valence-corrected chi connectivity index (χ3v) is 3.73. The van der Waals surface area contributed by atoms with Gasteiger partial charge in [0.25, 0.3) is 0 Å². The Morgan fingerprint density at radius 3 is 2.44 bits per heavy atom. The molecule has 0 unspecified atom stereocenters. The van der Waals surface area contributed by atoms with Gasteiger partial charge in [0.15, 0.2) is 17.2 Å². The van der Waals surface area contributed by atoms with Crippen molar-refractivity contribution in [3.8, 4) is 0 Å². The minimum Gasteiger partial charge on any atom is -0.347 e. The molecule has 3 nitrogen and oxygen atoms in total.